The first kappa shape index (κ1) is 11.9. The largest absolute Gasteiger partial charge is 0.355 e. The third kappa shape index (κ3) is 1.75. The van der Waals surface area contributed by atoms with Crippen LogP contribution in [0.5, 0.6) is 0 Å². The van der Waals surface area contributed by atoms with Crippen molar-refractivity contribution in [2.24, 2.45) is 0 Å². The lowest BCUT2D eigenvalue weighted by Gasteiger charge is -2.14. The molecule has 0 spiro atoms. The van der Waals surface area contributed by atoms with Crippen LogP contribution in [0.25, 0.3) is 16.5 Å². The highest BCUT2D eigenvalue weighted by Crippen LogP contribution is 2.31. The van der Waals surface area contributed by atoms with E-state index in [1.165, 1.54) is 6.08 Å². The number of H-pyrrole nitrogens is 1. The van der Waals surface area contributed by atoms with Crippen molar-refractivity contribution in [3.05, 3.63) is 77.5 Å². The third-order valence-corrected chi connectivity index (χ3v) is 3.78. The molecule has 0 radical (unpaired) electrons. The van der Waals surface area contributed by atoms with E-state index < -0.39 is 11.6 Å². The zero-order valence-corrected chi connectivity index (χ0v) is 11.1. The van der Waals surface area contributed by atoms with Gasteiger partial charge < -0.3 is 4.98 Å². The Bertz CT molecular complexity index is 898. The molecule has 1 aliphatic rings. The molecular formula is C18H11NO2. The quantitative estimate of drug-likeness (QED) is 0.691. The van der Waals surface area contributed by atoms with Gasteiger partial charge in [0, 0.05) is 27.7 Å². The van der Waals surface area contributed by atoms with Gasteiger partial charge in [0.1, 0.15) is 0 Å². The first-order valence-corrected chi connectivity index (χ1v) is 6.72. The maximum Gasteiger partial charge on any atom is 0.233 e. The minimum atomic E-state index is -0.470. The Kier molecular flexibility index (Phi) is 2.42. The predicted octanol–water partition coefficient (Wildman–Crippen LogP) is 3.37. The number of aromatic amines is 1. The number of hydrogen-bond donors (Lipinski definition) is 1. The van der Waals surface area contributed by atoms with Crippen molar-refractivity contribution in [1.29, 1.82) is 0 Å². The van der Waals surface area contributed by atoms with Crippen LogP contribution in [0, 0.1) is 0 Å². The zero-order chi connectivity index (χ0) is 14.4. The molecule has 1 heterocycles. The molecule has 100 valence electrons. The van der Waals surface area contributed by atoms with Gasteiger partial charge in [-0.05, 0) is 23.8 Å². The second-order valence-corrected chi connectivity index (χ2v) is 5.07. The van der Waals surface area contributed by atoms with Gasteiger partial charge in [0.05, 0.1) is 0 Å². The molecule has 0 saturated carbocycles. The fourth-order valence-corrected chi connectivity index (χ4v) is 2.76. The standard InChI is InChI=1S/C18H11NO2/c20-17-10-14(12-6-2-3-7-13(12)18(17)21)16-9-11-5-1-4-8-15(11)19-16/h1-10,19H. The van der Waals surface area contributed by atoms with Crippen LogP contribution in [0.2, 0.25) is 0 Å². The van der Waals surface area contributed by atoms with Gasteiger partial charge in [0.2, 0.25) is 11.6 Å². The number of rotatable bonds is 1. The van der Waals surface area contributed by atoms with Gasteiger partial charge in [-0.3, -0.25) is 9.59 Å². The molecule has 0 aliphatic heterocycles. The number of fused-ring (bicyclic) bond motifs is 2. The van der Waals surface area contributed by atoms with Crippen molar-refractivity contribution < 1.29 is 9.59 Å². The number of nitrogens with one attached hydrogen (secondary N) is 1. The minimum absolute atomic E-state index is 0.439. The second kappa shape index (κ2) is 4.28. The van der Waals surface area contributed by atoms with Crippen LogP contribution in [-0.2, 0) is 4.79 Å². The van der Waals surface area contributed by atoms with Gasteiger partial charge in [-0.15, -0.1) is 0 Å². The number of hydrogen-bond acceptors (Lipinski definition) is 2. The van der Waals surface area contributed by atoms with E-state index in [0.29, 0.717) is 5.56 Å². The number of benzene rings is 2. The van der Waals surface area contributed by atoms with Crippen molar-refractivity contribution in [1.82, 2.24) is 4.98 Å². The lowest BCUT2D eigenvalue weighted by molar-refractivity contribution is -0.111. The Balaban J connectivity index is 1.97. The third-order valence-electron chi connectivity index (χ3n) is 3.78. The van der Waals surface area contributed by atoms with E-state index in [9.17, 15) is 9.59 Å². The van der Waals surface area contributed by atoms with Gasteiger partial charge in [-0.25, -0.2) is 0 Å². The van der Waals surface area contributed by atoms with Crippen LogP contribution in [0.15, 0.2) is 60.7 Å². The zero-order valence-electron chi connectivity index (χ0n) is 11.1. The van der Waals surface area contributed by atoms with E-state index in [1.54, 1.807) is 12.1 Å². The molecule has 1 aliphatic carbocycles. The van der Waals surface area contributed by atoms with Crippen LogP contribution in [-0.4, -0.2) is 16.6 Å². The van der Waals surface area contributed by atoms with E-state index in [1.807, 2.05) is 42.5 Å². The summed E-state index contributed by atoms with van der Waals surface area (Å²) in [5.74, 6) is -0.909. The highest BCUT2D eigenvalue weighted by atomic mass is 16.2. The fourth-order valence-electron chi connectivity index (χ4n) is 2.76. The normalized spacial score (nSPS) is 14.2. The summed E-state index contributed by atoms with van der Waals surface area (Å²) in [6.45, 7) is 0. The summed E-state index contributed by atoms with van der Waals surface area (Å²) < 4.78 is 0. The number of Topliss-reactive ketones (excluding diaryl/α,β-unsaturated/α-hetero) is 1. The summed E-state index contributed by atoms with van der Waals surface area (Å²) >= 11 is 0. The molecule has 3 heteroatoms. The monoisotopic (exact) mass is 273 g/mol. The summed E-state index contributed by atoms with van der Waals surface area (Å²) in [7, 11) is 0. The highest BCUT2D eigenvalue weighted by Gasteiger charge is 2.26. The number of allylic oxidation sites excluding steroid dienone is 1. The molecule has 1 N–H and O–H groups in total. The first-order valence-electron chi connectivity index (χ1n) is 6.72. The molecule has 0 amide bonds. The summed E-state index contributed by atoms with van der Waals surface area (Å²) in [5.41, 5.74) is 3.90. The Hall–Kier alpha value is -2.94. The van der Waals surface area contributed by atoms with E-state index in [-0.39, 0.29) is 0 Å². The van der Waals surface area contributed by atoms with E-state index >= 15 is 0 Å². The first-order chi connectivity index (χ1) is 10.2. The molecule has 0 unspecified atom stereocenters. The topological polar surface area (TPSA) is 49.9 Å². The van der Waals surface area contributed by atoms with Gasteiger partial charge in [-0.1, -0.05) is 42.5 Å². The number of carbonyl (C=O) groups excluding carboxylic acids is 2. The number of para-hydroxylation sites is 1. The van der Waals surface area contributed by atoms with Gasteiger partial charge in [0.25, 0.3) is 0 Å². The summed E-state index contributed by atoms with van der Waals surface area (Å²) in [6, 6.07) is 17.1. The lowest BCUT2D eigenvalue weighted by Crippen LogP contribution is -2.18. The molecule has 3 aromatic rings. The average molecular weight is 273 g/mol. The second-order valence-electron chi connectivity index (χ2n) is 5.07. The van der Waals surface area contributed by atoms with E-state index in [4.69, 9.17) is 0 Å². The van der Waals surface area contributed by atoms with Gasteiger partial charge >= 0.3 is 0 Å². The molecular weight excluding hydrogens is 262 g/mol. The molecule has 21 heavy (non-hydrogen) atoms. The number of aromatic nitrogens is 1. The molecule has 3 nitrogen and oxygen atoms in total. The van der Waals surface area contributed by atoms with Gasteiger partial charge in [0.15, 0.2) is 0 Å². The van der Waals surface area contributed by atoms with E-state index in [2.05, 4.69) is 4.98 Å². The lowest BCUT2D eigenvalue weighted by atomic mass is 9.88. The minimum Gasteiger partial charge on any atom is -0.355 e. The fraction of sp³-hybridized carbons (Fsp3) is 0. The SMILES string of the molecule is O=C1C=C(c2cc3ccccc3[nH]2)c2ccccc2C1=O. The molecule has 0 saturated heterocycles. The Morgan fingerprint density at radius 1 is 0.810 bits per heavy atom. The average Bonchev–Trinajstić information content (AvgIpc) is 2.94. The van der Waals surface area contributed by atoms with Gasteiger partial charge in [-0.2, -0.15) is 0 Å². The highest BCUT2D eigenvalue weighted by molar-refractivity contribution is 6.51. The van der Waals surface area contributed by atoms with Crippen LogP contribution in [0.3, 0.4) is 0 Å². The summed E-state index contributed by atoms with van der Waals surface area (Å²) in [5, 5.41) is 1.08. The molecule has 0 bridgehead atoms. The molecule has 0 atom stereocenters. The van der Waals surface area contributed by atoms with E-state index in [0.717, 1.165) is 27.7 Å². The van der Waals surface area contributed by atoms with Crippen molar-refractivity contribution in [3.8, 4) is 0 Å². The maximum atomic E-state index is 12.0. The van der Waals surface area contributed by atoms with Crippen molar-refractivity contribution in [2.45, 2.75) is 0 Å². The van der Waals surface area contributed by atoms with Crippen LogP contribution >= 0.6 is 0 Å². The Labute approximate surface area is 120 Å². The maximum absolute atomic E-state index is 12.0. The van der Waals surface area contributed by atoms with Crippen LogP contribution in [0.1, 0.15) is 21.6 Å². The smallest absolute Gasteiger partial charge is 0.233 e. The van der Waals surface area contributed by atoms with Crippen LogP contribution in [0.4, 0.5) is 0 Å². The van der Waals surface area contributed by atoms with Crippen molar-refractivity contribution >= 4 is 28.0 Å². The molecule has 4 rings (SSSR count). The Morgan fingerprint density at radius 2 is 1.52 bits per heavy atom. The van der Waals surface area contributed by atoms with Crippen LogP contribution < -0.4 is 0 Å². The van der Waals surface area contributed by atoms with Crippen molar-refractivity contribution in [3.63, 3.8) is 0 Å². The molecule has 0 fully saturated rings. The summed E-state index contributed by atoms with van der Waals surface area (Å²) in [4.78, 5) is 27.2. The number of carbonyl (C=O) groups is 2. The predicted molar refractivity (Wildman–Crippen MR) is 81.2 cm³/mol. The molecule has 1 aromatic heterocycles. The van der Waals surface area contributed by atoms with Crippen molar-refractivity contribution in [2.75, 3.05) is 0 Å². The summed E-state index contributed by atoms with van der Waals surface area (Å²) in [6.07, 6.45) is 1.43. The molecule has 2 aromatic carbocycles. The Morgan fingerprint density at radius 3 is 2.33 bits per heavy atom. The number of ketones is 2.